The molecule has 0 fully saturated rings. The van der Waals surface area contributed by atoms with Gasteiger partial charge in [-0.15, -0.1) is 0 Å². The van der Waals surface area contributed by atoms with Crippen molar-refractivity contribution >= 4 is 38.6 Å². The number of nitrogens with one attached hydrogen (secondary N) is 1. The molecule has 0 aliphatic heterocycles. The average Bonchev–Trinajstić information content (AvgIpc) is 2.94. The molecule has 1 atom stereocenters. The van der Waals surface area contributed by atoms with Gasteiger partial charge in [-0.3, -0.25) is 0 Å². The summed E-state index contributed by atoms with van der Waals surface area (Å²) in [4.78, 5) is 0.0757. The van der Waals surface area contributed by atoms with Crippen molar-refractivity contribution in [3.05, 3.63) is 18.2 Å². The molecular formula is C11H15N5O3S2. The summed E-state index contributed by atoms with van der Waals surface area (Å²) in [6, 6.07) is 4.32. The van der Waals surface area contributed by atoms with Gasteiger partial charge < -0.3 is 10.9 Å². The number of fused-ring (bicyclic) bond motifs is 1. The van der Waals surface area contributed by atoms with Crippen LogP contribution >= 0.6 is 11.7 Å². The Bertz CT molecular complexity index is 756. The van der Waals surface area contributed by atoms with Crippen LogP contribution in [0.2, 0.25) is 0 Å². The lowest BCUT2D eigenvalue weighted by atomic mass is 10.1. The smallest absolute Gasteiger partial charge is 0.243 e. The van der Waals surface area contributed by atoms with Crippen molar-refractivity contribution in [3.8, 4) is 0 Å². The Balaban J connectivity index is 2.31. The van der Waals surface area contributed by atoms with Gasteiger partial charge in [0.1, 0.15) is 21.8 Å². The minimum atomic E-state index is -3.76. The third-order valence-electron chi connectivity index (χ3n) is 2.94. The third kappa shape index (κ3) is 3.46. The van der Waals surface area contributed by atoms with E-state index in [4.69, 9.17) is 10.9 Å². The fourth-order valence-corrected chi connectivity index (χ4v) is 3.93. The average molecular weight is 329 g/mol. The fraction of sp³-hybridized carbons (Fsp3) is 0.364. The van der Waals surface area contributed by atoms with Gasteiger partial charge in [0.05, 0.1) is 11.7 Å². The fourth-order valence-electron chi connectivity index (χ4n) is 1.84. The number of amidine groups is 1. The summed E-state index contributed by atoms with van der Waals surface area (Å²) in [5, 5.41) is 11.4. The quantitative estimate of drug-likeness (QED) is 0.312. The highest BCUT2D eigenvalue weighted by Crippen LogP contribution is 2.21. The maximum atomic E-state index is 12.5. The Labute approximate surface area is 126 Å². The van der Waals surface area contributed by atoms with Gasteiger partial charge in [-0.05, 0) is 18.6 Å². The second kappa shape index (κ2) is 6.33. The predicted octanol–water partition coefficient (Wildman–Crippen LogP) is 0.885. The first-order valence-electron chi connectivity index (χ1n) is 6.18. The summed E-state index contributed by atoms with van der Waals surface area (Å²) >= 11 is 0.958. The molecule has 8 nitrogen and oxygen atoms in total. The van der Waals surface area contributed by atoms with Crippen molar-refractivity contribution in [1.29, 1.82) is 0 Å². The molecule has 2 aromatic rings. The molecule has 0 aliphatic carbocycles. The molecule has 0 saturated heterocycles. The second-order valence-corrected chi connectivity index (χ2v) is 6.62. The van der Waals surface area contributed by atoms with E-state index in [1.165, 1.54) is 6.07 Å². The van der Waals surface area contributed by atoms with Gasteiger partial charge in [0.25, 0.3) is 0 Å². The standard InChI is InChI=1S/C11H15N5O3S2/c1-2-7(6-10(12)13-17)16-21(18,19)9-5-3-4-8-11(9)15-20-14-8/h3-5,7,16-17H,2,6H2,1H3,(H2,12,13). The number of rotatable bonds is 6. The first kappa shape index (κ1) is 15.6. The number of sulfonamides is 1. The van der Waals surface area contributed by atoms with Crippen molar-refractivity contribution < 1.29 is 13.6 Å². The second-order valence-electron chi connectivity index (χ2n) is 4.41. The van der Waals surface area contributed by atoms with Gasteiger partial charge in [-0.25, -0.2) is 13.1 Å². The van der Waals surface area contributed by atoms with Crippen LogP contribution in [0.5, 0.6) is 0 Å². The number of hydrogen-bond donors (Lipinski definition) is 3. The molecule has 21 heavy (non-hydrogen) atoms. The first-order chi connectivity index (χ1) is 9.97. The number of benzene rings is 1. The molecule has 0 spiro atoms. The maximum Gasteiger partial charge on any atom is 0.243 e. The number of oxime groups is 1. The lowest BCUT2D eigenvalue weighted by molar-refractivity contribution is 0.316. The van der Waals surface area contributed by atoms with E-state index in [1.807, 2.05) is 6.92 Å². The van der Waals surface area contributed by atoms with Crippen molar-refractivity contribution in [2.75, 3.05) is 0 Å². The number of hydrogen-bond acceptors (Lipinski definition) is 7. The van der Waals surface area contributed by atoms with E-state index in [1.54, 1.807) is 12.1 Å². The molecule has 0 radical (unpaired) electrons. The Hall–Kier alpha value is -1.78. The largest absolute Gasteiger partial charge is 0.409 e. The normalized spacial score (nSPS) is 14.4. The van der Waals surface area contributed by atoms with E-state index >= 15 is 0 Å². The number of nitrogens with two attached hydrogens (primary N) is 1. The van der Waals surface area contributed by atoms with Crippen molar-refractivity contribution in [2.24, 2.45) is 10.9 Å². The molecule has 1 aromatic heterocycles. The zero-order chi connectivity index (χ0) is 15.5. The maximum absolute atomic E-state index is 12.5. The highest BCUT2D eigenvalue weighted by atomic mass is 32.2. The van der Waals surface area contributed by atoms with E-state index in [0.29, 0.717) is 17.5 Å². The SMILES string of the molecule is CCC(CC(N)=NO)NS(=O)(=O)c1cccc2nsnc12. The van der Waals surface area contributed by atoms with Crippen LogP contribution in [0.3, 0.4) is 0 Å². The van der Waals surface area contributed by atoms with Gasteiger partial charge in [0, 0.05) is 12.5 Å². The van der Waals surface area contributed by atoms with E-state index in [9.17, 15) is 8.42 Å². The van der Waals surface area contributed by atoms with Crippen LogP contribution in [0.4, 0.5) is 0 Å². The number of nitrogens with zero attached hydrogens (tertiary/aromatic N) is 3. The van der Waals surface area contributed by atoms with Crippen LogP contribution in [-0.4, -0.2) is 34.2 Å². The summed E-state index contributed by atoms with van der Waals surface area (Å²) in [7, 11) is -3.76. The van der Waals surface area contributed by atoms with E-state index in [-0.39, 0.29) is 17.2 Å². The zero-order valence-electron chi connectivity index (χ0n) is 11.2. The third-order valence-corrected chi connectivity index (χ3v) is 5.03. The summed E-state index contributed by atoms with van der Waals surface area (Å²) in [6.07, 6.45) is 0.623. The molecule has 1 unspecified atom stereocenters. The van der Waals surface area contributed by atoms with Crippen molar-refractivity contribution in [2.45, 2.75) is 30.7 Å². The Morgan fingerprint density at radius 1 is 1.52 bits per heavy atom. The van der Waals surface area contributed by atoms with Crippen LogP contribution in [0.25, 0.3) is 11.0 Å². The topological polar surface area (TPSA) is 131 Å². The van der Waals surface area contributed by atoms with Crippen molar-refractivity contribution in [3.63, 3.8) is 0 Å². The zero-order valence-corrected chi connectivity index (χ0v) is 12.9. The minimum absolute atomic E-state index is 0.0296. The molecule has 114 valence electrons. The van der Waals surface area contributed by atoms with Gasteiger partial charge >= 0.3 is 0 Å². The summed E-state index contributed by atoms with van der Waals surface area (Å²) in [5.74, 6) is -0.0296. The van der Waals surface area contributed by atoms with Crippen LogP contribution in [0.1, 0.15) is 19.8 Å². The first-order valence-corrected chi connectivity index (χ1v) is 8.39. The molecule has 2 rings (SSSR count). The van der Waals surface area contributed by atoms with Gasteiger partial charge in [-0.2, -0.15) is 8.75 Å². The summed E-state index contributed by atoms with van der Waals surface area (Å²) in [6.45, 7) is 1.81. The molecule has 1 heterocycles. The van der Waals surface area contributed by atoms with E-state index < -0.39 is 16.1 Å². The predicted molar refractivity (Wildman–Crippen MR) is 79.8 cm³/mol. The van der Waals surface area contributed by atoms with Crippen LogP contribution in [0.15, 0.2) is 28.3 Å². The lowest BCUT2D eigenvalue weighted by Gasteiger charge is -2.16. The molecule has 1 aromatic carbocycles. The van der Waals surface area contributed by atoms with Gasteiger partial charge in [-0.1, -0.05) is 18.1 Å². The molecule has 0 saturated carbocycles. The molecule has 10 heteroatoms. The molecule has 4 N–H and O–H groups in total. The van der Waals surface area contributed by atoms with Crippen molar-refractivity contribution in [1.82, 2.24) is 13.5 Å². The lowest BCUT2D eigenvalue weighted by Crippen LogP contribution is -2.37. The molecular weight excluding hydrogens is 314 g/mol. The number of aromatic nitrogens is 2. The summed E-state index contributed by atoms with van der Waals surface area (Å²) in [5.41, 5.74) is 6.30. The van der Waals surface area contributed by atoms with Gasteiger partial charge in [0.15, 0.2) is 0 Å². The Kier molecular flexibility index (Phi) is 4.70. The highest BCUT2D eigenvalue weighted by molar-refractivity contribution is 7.89. The van der Waals surface area contributed by atoms with E-state index in [0.717, 1.165) is 11.7 Å². The monoisotopic (exact) mass is 329 g/mol. The van der Waals surface area contributed by atoms with E-state index in [2.05, 4.69) is 18.6 Å². The highest BCUT2D eigenvalue weighted by Gasteiger charge is 2.23. The Morgan fingerprint density at radius 3 is 2.95 bits per heavy atom. The van der Waals surface area contributed by atoms with Gasteiger partial charge in [0.2, 0.25) is 10.0 Å². The van der Waals surface area contributed by atoms with Crippen LogP contribution in [0, 0.1) is 0 Å². The molecule has 0 bridgehead atoms. The summed E-state index contributed by atoms with van der Waals surface area (Å²) < 4.78 is 35.5. The minimum Gasteiger partial charge on any atom is -0.409 e. The molecule has 0 amide bonds. The van der Waals surface area contributed by atoms with Crippen LogP contribution in [-0.2, 0) is 10.0 Å². The Morgan fingerprint density at radius 2 is 2.29 bits per heavy atom. The van der Waals surface area contributed by atoms with Crippen LogP contribution < -0.4 is 10.5 Å². The molecule has 0 aliphatic rings.